The lowest BCUT2D eigenvalue weighted by molar-refractivity contribution is 0.670. The van der Waals surface area contributed by atoms with E-state index in [0.29, 0.717) is 23.3 Å². The van der Waals surface area contributed by atoms with E-state index in [-0.39, 0.29) is 0 Å². The number of aromatic nitrogens is 5. The third kappa shape index (κ3) is 7.73. The largest absolute Gasteiger partial charge is 0.455 e. The Balaban J connectivity index is 0.943. The molecule has 0 aliphatic rings. The van der Waals surface area contributed by atoms with Crippen molar-refractivity contribution in [3.63, 3.8) is 0 Å². The van der Waals surface area contributed by atoms with Crippen LogP contribution in [0.3, 0.4) is 0 Å². The van der Waals surface area contributed by atoms with Crippen LogP contribution >= 0.6 is 0 Å². The topological polar surface area (TPSA) is 77.6 Å². The zero-order chi connectivity index (χ0) is 44.5. The number of para-hydroxylation sites is 2. The van der Waals surface area contributed by atoms with Crippen LogP contribution in [0.2, 0.25) is 0 Å². The number of rotatable bonds is 9. The zero-order valence-electron chi connectivity index (χ0n) is 36.2. The Morgan fingerprint density at radius 2 is 0.612 bits per heavy atom. The summed E-state index contributed by atoms with van der Waals surface area (Å²) in [7, 11) is 0. The Morgan fingerprint density at radius 1 is 0.224 bits per heavy atom. The molecule has 0 aliphatic heterocycles. The molecule has 12 rings (SSSR count). The summed E-state index contributed by atoms with van der Waals surface area (Å²) in [5, 5.41) is 2.04. The van der Waals surface area contributed by atoms with Gasteiger partial charge in [-0.2, -0.15) is 0 Å². The van der Waals surface area contributed by atoms with Crippen molar-refractivity contribution in [2.45, 2.75) is 0 Å². The molecule has 9 aromatic carbocycles. The van der Waals surface area contributed by atoms with Gasteiger partial charge in [-0.05, 0) is 52.1 Å². The molecule has 314 valence electrons. The molecule has 6 nitrogen and oxygen atoms in total. The Kier molecular flexibility index (Phi) is 10.1. The molecule has 0 atom stereocenters. The molecule has 67 heavy (non-hydrogen) atoms. The van der Waals surface area contributed by atoms with Gasteiger partial charge in [-0.25, -0.2) is 24.9 Å². The maximum atomic E-state index is 6.82. The normalized spacial score (nSPS) is 11.3. The van der Waals surface area contributed by atoms with E-state index in [1.165, 1.54) is 5.56 Å². The highest BCUT2D eigenvalue weighted by molar-refractivity contribution is 6.12. The molecule has 0 unspecified atom stereocenters. The van der Waals surface area contributed by atoms with Crippen LogP contribution in [0.25, 0.3) is 123 Å². The fraction of sp³-hybridized carbons (Fsp3) is 0. The zero-order valence-corrected chi connectivity index (χ0v) is 36.2. The SMILES string of the molecule is c1ccc(-c2ccc(-c3cc(-c4cccc(-c5cccc(-c6nc(-c7ccccc7)nc(-c7cccc8c7oc7c(-c9ccccc9)cccc78)n6)c5)c4)nc(-c4ccccc4)n3)cc2)cc1. The first-order valence-electron chi connectivity index (χ1n) is 22.3. The lowest BCUT2D eigenvalue weighted by Crippen LogP contribution is -2.00. The van der Waals surface area contributed by atoms with Crippen LogP contribution in [0, 0.1) is 0 Å². The molecular weight excluding hydrogens is 819 g/mol. The molecular formula is C61H39N5O. The van der Waals surface area contributed by atoms with Crippen molar-refractivity contribution in [3.05, 3.63) is 237 Å². The smallest absolute Gasteiger partial charge is 0.167 e. The summed E-state index contributed by atoms with van der Waals surface area (Å²) in [6, 6.07) is 81.0. The molecule has 6 heteroatoms. The van der Waals surface area contributed by atoms with Crippen molar-refractivity contribution in [2.24, 2.45) is 0 Å². The maximum absolute atomic E-state index is 6.82. The predicted octanol–water partition coefficient (Wildman–Crippen LogP) is 15.6. The van der Waals surface area contributed by atoms with Gasteiger partial charge < -0.3 is 4.42 Å². The first kappa shape index (κ1) is 39.5. The lowest BCUT2D eigenvalue weighted by Gasteiger charge is -2.12. The minimum absolute atomic E-state index is 0.533. The molecule has 0 radical (unpaired) electrons. The van der Waals surface area contributed by atoms with Crippen molar-refractivity contribution < 1.29 is 4.42 Å². The van der Waals surface area contributed by atoms with Crippen LogP contribution in [0.5, 0.6) is 0 Å². The molecule has 0 amide bonds. The minimum atomic E-state index is 0.533. The van der Waals surface area contributed by atoms with Gasteiger partial charge in [-0.1, -0.05) is 212 Å². The van der Waals surface area contributed by atoms with E-state index < -0.39 is 0 Å². The van der Waals surface area contributed by atoms with Crippen LogP contribution in [-0.4, -0.2) is 24.9 Å². The van der Waals surface area contributed by atoms with Gasteiger partial charge in [0.15, 0.2) is 23.3 Å². The van der Waals surface area contributed by atoms with Crippen LogP contribution < -0.4 is 0 Å². The summed E-state index contributed by atoms with van der Waals surface area (Å²) < 4.78 is 6.82. The Hall–Kier alpha value is -9.13. The van der Waals surface area contributed by atoms with Crippen LogP contribution in [0.15, 0.2) is 241 Å². The van der Waals surface area contributed by atoms with E-state index in [4.69, 9.17) is 29.3 Å². The van der Waals surface area contributed by atoms with Crippen molar-refractivity contribution in [3.8, 4) is 101 Å². The van der Waals surface area contributed by atoms with Crippen molar-refractivity contribution >= 4 is 21.9 Å². The summed E-state index contributed by atoms with van der Waals surface area (Å²) in [6.07, 6.45) is 0. The molecule has 3 aromatic heterocycles. The van der Waals surface area contributed by atoms with Crippen LogP contribution in [-0.2, 0) is 0 Å². The summed E-state index contributed by atoms with van der Waals surface area (Å²) in [5.41, 5.74) is 15.3. The molecule has 0 fully saturated rings. The average molecular weight is 858 g/mol. The quantitative estimate of drug-likeness (QED) is 0.144. The first-order chi connectivity index (χ1) is 33.2. The second-order valence-electron chi connectivity index (χ2n) is 16.4. The van der Waals surface area contributed by atoms with E-state index in [1.807, 2.05) is 84.9 Å². The number of hydrogen-bond acceptors (Lipinski definition) is 6. The first-order valence-corrected chi connectivity index (χ1v) is 22.3. The maximum Gasteiger partial charge on any atom is 0.167 e. The van der Waals surface area contributed by atoms with Crippen LogP contribution in [0.1, 0.15) is 0 Å². The monoisotopic (exact) mass is 857 g/mol. The highest BCUT2D eigenvalue weighted by Crippen LogP contribution is 2.40. The molecule has 12 aromatic rings. The molecule has 3 heterocycles. The van der Waals surface area contributed by atoms with Crippen molar-refractivity contribution in [2.75, 3.05) is 0 Å². The lowest BCUT2D eigenvalue weighted by atomic mass is 9.98. The highest BCUT2D eigenvalue weighted by atomic mass is 16.3. The van der Waals surface area contributed by atoms with E-state index in [1.54, 1.807) is 0 Å². The fourth-order valence-electron chi connectivity index (χ4n) is 8.80. The average Bonchev–Trinajstić information content (AvgIpc) is 3.81. The summed E-state index contributed by atoms with van der Waals surface area (Å²) in [6.45, 7) is 0. The Morgan fingerprint density at radius 3 is 1.22 bits per heavy atom. The van der Waals surface area contributed by atoms with E-state index in [2.05, 4.69) is 152 Å². The molecule has 0 saturated heterocycles. The summed E-state index contributed by atoms with van der Waals surface area (Å²) >= 11 is 0. The summed E-state index contributed by atoms with van der Waals surface area (Å²) in [5.74, 6) is 2.34. The van der Waals surface area contributed by atoms with Gasteiger partial charge in [0.05, 0.1) is 17.0 Å². The third-order valence-electron chi connectivity index (χ3n) is 12.2. The number of nitrogens with zero attached hydrogens (tertiary/aromatic N) is 5. The van der Waals surface area contributed by atoms with Crippen molar-refractivity contribution in [1.82, 2.24) is 24.9 Å². The molecule has 0 spiro atoms. The van der Waals surface area contributed by atoms with Gasteiger partial charge in [0.1, 0.15) is 11.2 Å². The highest BCUT2D eigenvalue weighted by Gasteiger charge is 2.20. The molecule has 0 saturated carbocycles. The van der Waals surface area contributed by atoms with Gasteiger partial charge in [0, 0.05) is 44.2 Å². The molecule has 0 aliphatic carbocycles. The van der Waals surface area contributed by atoms with Gasteiger partial charge in [-0.15, -0.1) is 0 Å². The second-order valence-corrected chi connectivity index (χ2v) is 16.4. The Bertz CT molecular complexity index is 3720. The fourth-order valence-corrected chi connectivity index (χ4v) is 8.80. The standard InChI is InChI=1S/C61H39N5O/c1-5-17-40(18-6-1)41-33-35-43(36-34-41)54-39-55(63-58(62-54)44-21-9-3-10-22-44)48-27-13-25-46(37-48)47-26-14-28-49(38-47)60-64-59(45-23-11-4-12-24-45)65-61(66-60)53-32-16-31-52-51-30-15-29-50(56(51)67-57(52)53)42-19-7-2-8-20-42/h1-39H. The molecule has 0 bridgehead atoms. The van der Waals surface area contributed by atoms with E-state index in [9.17, 15) is 0 Å². The number of fused-ring (bicyclic) bond motifs is 3. The van der Waals surface area contributed by atoms with E-state index in [0.717, 1.165) is 94.5 Å². The number of hydrogen-bond donors (Lipinski definition) is 0. The van der Waals surface area contributed by atoms with Gasteiger partial charge in [-0.3, -0.25) is 0 Å². The number of furan rings is 1. The van der Waals surface area contributed by atoms with Crippen molar-refractivity contribution in [1.29, 1.82) is 0 Å². The van der Waals surface area contributed by atoms with Gasteiger partial charge in [0.25, 0.3) is 0 Å². The van der Waals surface area contributed by atoms with E-state index >= 15 is 0 Å². The second kappa shape index (κ2) is 17.1. The van der Waals surface area contributed by atoms with Gasteiger partial charge in [0.2, 0.25) is 0 Å². The Labute approximate surface area is 387 Å². The van der Waals surface area contributed by atoms with Crippen LogP contribution in [0.4, 0.5) is 0 Å². The van der Waals surface area contributed by atoms with Gasteiger partial charge >= 0.3 is 0 Å². The molecule has 0 N–H and O–H groups in total. The summed E-state index contributed by atoms with van der Waals surface area (Å²) in [4.78, 5) is 25.7. The third-order valence-corrected chi connectivity index (χ3v) is 12.2. The number of benzene rings is 9. The minimum Gasteiger partial charge on any atom is -0.455 e. The predicted molar refractivity (Wildman–Crippen MR) is 272 cm³/mol.